The number of aryl methyl sites for hydroxylation is 1. The first-order chi connectivity index (χ1) is 11.3. The van der Waals surface area contributed by atoms with Crippen molar-refractivity contribution >= 4 is 21.4 Å². The van der Waals surface area contributed by atoms with Gasteiger partial charge >= 0.3 is 0 Å². The third kappa shape index (κ3) is 2.38. The van der Waals surface area contributed by atoms with Crippen LogP contribution < -0.4 is 4.31 Å². The van der Waals surface area contributed by atoms with Gasteiger partial charge in [0.15, 0.2) is 0 Å². The van der Waals surface area contributed by atoms with Crippen molar-refractivity contribution in [1.29, 1.82) is 0 Å². The van der Waals surface area contributed by atoms with Gasteiger partial charge in [-0.15, -0.1) is 0 Å². The number of imidazole rings is 1. The van der Waals surface area contributed by atoms with Gasteiger partial charge < -0.3 is 4.40 Å². The van der Waals surface area contributed by atoms with E-state index in [2.05, 4.69) is 18.0 Å². The first kappa shape index (κ1) is 15.2. The molecule has 1 atom stereocenters. The molecular weight excluding hydrogens is 322 g/mol. The molecule has 0 N–H and O–H groups in total. The van der Waals surface area contributed by atoms with Crippen molar-refractivity contribution in [1.82, 2.24) is 9.38 Å². The van der Waals surface area contributed by atoms with Gasteiger partial charge in [-0.1, -0.05) is 12.1 Å². The molecule has 24 heavy (non-hydrogen) atoms. The number of aromatic nitrogens is 2. The van der Waals surface area contributed by atoms with Crippen molar-refractivity contribution in [2.45, 2.75) is 26.3 Å². The Labute approximate surface area is 141 Å². The quantitative estimate of drug-likeness (QED) is 0.720. The van der Waals surface area contributed by atoms with Crippen LogP contribution in [0.25, 0.3) is 16.9 Å². The fourth-order valence-corrected chi connectivity index (χ4v) is 4.77. The van der Waals surface area contributed by atoms with Crippen LogP contribution in [0.15, 0.2) is 42.7 Å². The van der Waals surface area contributed by atoms with E-state index >= 15 is 0 Å². The molecule has 6 heteroatoms. The maximum atomic E-state index is 12.0. The Hall–Kier alpha value is -2.34. The minimum atomic E-state index is -3.25. The first-order valence-electron chi connectivity index (χ1n) is 7.91. The third-order valence-electron chi connectivity index (χ3n) is 4.48. The van der Waals surface area contributed by atoms with Crippen LogP contribution in [-0.2, 0) is 16.4 Å². The van der Waals surface area contributed by atoms with E-state index in [0.717, 1.165) is 34.6 Å². The highest BCUT2D eigenvalue weighted by Gasteiger charge is 2.32. The van der Waals surface area contributed by atoms with E-state index in [1.165, 1.54) is 16.1 Å². The zero-order valence-electron chi connectivity index (χ0n) is 13.9. The summed E-state index contributed by atoms with van der Waals surface area (Å²) in [7, 11) is -3.25. The highest BCUT2D eigenvalue weighted by molar-refractivity contribution is 7.92. The summed E-state index contributed by atoms with van der Waals surface area (Å²) in [6.45, 7) is 3.99. The number of hydrogen-bond donors (Lipinski definition) is 0. The Morgan fingerprint density at radius 3 is 2.71 bits per heavy atom. The zero-order chi connectivity index (χ0) is 17.1. The van der Waals surface area contributed by atoms with E-state index < -0.39 is 10.0 Å². The summed E-state index contributed by atoms with van der Waals surface area (Å²) in [5.41, 5.74) is 5.83. The van der Waals surface area contributed by atoms with E-state index in [9.17, 15) is 8.42 Å². The van der Waals surface area contributed by atoms with Gasteiger partial charge in [0.1, 0.15) is 5.65 Å². The van der Waals surface area contributed by atoms with Crippen LogP contribution in [0, 0.1) is 6.92 Å². The molecule has 3 aromatic rings. The summed E-state index contributed by atoms with van der Waals surface area (Å²) in [5.74, 6) is 0. The predicted octanol–water partition coefficient (Wildman–Crippen LogP) is 3.02. The number of benzene rings is 1. The molecule has 0 spiro atoms. The molecule has 0 saturated heterocycles. The fourth-order valence-electron chi connectivity index (χ4n) is 3.51. The molecule has 1 aliphatic heterocycles. The zero-order valence-corrected chi connectivity index (χ0v) is 14.7. The Kier molecular flexibility index (Phi) is 3.22. The largest absolute Gasteiger partial charge is 0.306 e. The van der Waals surface area contributed by atoms with E-state index in [4.69, 9.17) is 0 Å². The molecule has 0 aliphatic carbocycles. The summed E-state index contributed by atoms with van der Waals surface area (Å²) in [4.78, 5) is 4.67. The van der Waals surface area contributed by atoms with Gasteiger partial charge in [-0.25, -0.2) is 13.4 Å². The van der Waals surface area contributed by atoms with Crippen LogP contribution in [0.4, 0.5) is 5.69 Å². The Morgan fingerprint density at radius 2 is 1.96 bits per heavy atom. The average molecular weight is 341 g/mol. The molecule has 4 rings (SSSR count). The Balaban J connectivity index is 1.80. The summed E-state index contributed by atoms with van der Waals surface area (Å²) in [5, 5.41) is 0. The van der Waals surface area contributed by atoms with Crippen LogP contribution in [0.3, 0.4) is 0 Å². The molecule has 2 aromatic heterocycles. The molecule has 0 fully saturated rings. The molecule has 3 heterocycles. The molecule has 0 bridgehead atoms. The predicted molar refractivity (Wildman–Crippen MR) is 95.9 cm³/mol. The van der Waals surface area contributed by atoms with Gasteiger partial charge in [0.2, 0.25) is 10.0 Å². The molecule has 0 radical (unpaired) electrons. The molecule has 5 nitrogen and oxygen atoms in total. The van der Waals surface area contributed by atoms with Crippen molar-refractivity contribution in [3.05, 3.63) is 53.9 Å². The lowest BCUT2D eigenvalue weighted by atomic mass is 10.1. The Morgan fingerprint density at radius 1 is 1.17 bits per heavy atom. The first-order valence-corrected chi connectivity index (χ1v) is 9.76. The van der Waals surface area contributed by atoms with Crippen LogP contribution in [-0.4, -0.2) is 30.1 Å². The fraction of sp³-hybridized carbons (Fsp3) is 0.278. The van der Waals surface area contributed by atoms with E-state index in [1.54, 1.807) is 0 Å². The van der Waals surface area contributed by atoms with E-state index in [1.807, 2.05) is 48.0 Å². The number of rotatable bonds is 2. The van der Waals surface area contributed by atoms with Crippen LogP contribution in [0.5, 0.6) is 0 Å². The van der Waals surface area contributed by atoms with Crippen molar-refractivity contribution in [2.24, 2.45) is 0 Å². The summed E-state index contributed by atoms with van der Waals surface area (Å²) < 4.78 is 27.6. The number of anilines is 1. The smallest absolute Gasteiger partial charge is 0.232 e. The van der Waals surface area contributed by atoms with Crippen molar-refractivity contribution in [3.63, 3.8) is 0 Å². The Bertz CT molecular complexity index is 1050. The molecule has 124 valence electrons. The second kappa shape index (κ2) is 5.08. The van der Waals surface area contributed by atoms with E-state index in [-0.39, 0.29) is 6.04 Å². The molecule has 0 unspecified atom stereocenters. The van der Waals surface area contributed by atoms with Gasteiger partial charge in [-0.05, 0) is 49.6 Å². The monoisotopic (exact) mass is 341 g/mol. The standard InChI is InChI=1S/C18H19N3O2S/c1-12-4-7-18-19-16(11-20(18)10-12)14-5-6-17-15(9-14)8-13(2)21(17)24(3,22)23/h4-7,9-11,13H,8H2,1-3H3/t13-/m0/s1. The van der Waals surface area contributed by atoms with Crippen LogP contribution in [0.2, 0.25) is 0 Å². The van der Waals surface area contributed by atoms with Crippen molar-refractivity contribution < 1.29 is 8.42 Å². The third-order valence-corrected chi connectivity index (χ3v) is 5.76. The van der Waals surface area contributed by atoms with Crippen LogP contribution in [0.1, 0.15) is 18.1 Å². The second-order valence-electron chi connectivity index (χ2n) is 6.55. The lowest BCUT2D eigenvalue weighted by Gasteiger charge is -2.21. The second-order valence-corrected chi connectivity index (χ2v) is 8.41. The number of nitrogens with zero attached hydrogens (tertiary/aromatic N) is 3. The van der Waals surface area contributed by atoms with Crippen molar-refractivity contribution in [3.8, 4) is 11.3 Å². The number of fused-ring (bicyclic) bond motifs is 2. The van der Waals surface area contributed by atoms with Crippen molar-refractivity contribution in [2.75, 3.05) is 10.6 Å². The highest BCUT2D eigenvalue weighted by Crippen LogP contribution is 2.36. The van der Waals surface area contributed by atoms with Gasteiger partial charge in [0.25, 0.3) is 0 Å². The topological polar surface area (TPSA) is 54.7 Å². The number of sulfonamides is 1. The van der Waals surface area contributed by atoms with Gasteiger partial charge in [-0.3, -0.25) is 4.31 Å². The molecule has 0 amide bonds. The summed E-state index contributed by atoms with van der Waals surface area (Å²) >= 11 is 0. The van der Waals surface area contributed by atoms with Crippen LogP contribution >= 0.6 is 0 Å². The highest BCUT2D eigenvalue weighted by atomic mass is 32.2. The average Bonchev–Trinajstić information content (AvgIpc) is 3.04. The maximum Gasteiger partial charge on any atom is 0.232 e. The molecular formula is C18H19N3O2S. The van der Waals surface area contributed by atoms with E-state index in [0.29, 0.717) is 0 Å². The van der Waals surface area contributed by atoms with Gasteiger partial charge in [-0.2, -0.15) is 0 Å². The SMILES string of the molecule is Cc1ccc2nc(-c3ccc4c(c3)C[C@H](C)N4S(C)(=O)=O)cn2c1. The number of hydrogen-bond acceptors (Lipinski definition) is 3. The maximum absolute atomic E-state index is 12.0. The molecule has 0 saturated carbocycles. The molecule has 1 aromatic carbocycles. The lowest BCUT2D eigenvalue weighted by Crippen LogP contribution is -2.34. The van der Waals surface area contributed by atoms with Gasteiger partial charge in [0, 0.05) is 24.0 Å². The minimum absolute atomic E-state index is 0.0473. The van der Waals surface area contributed by atoms with Gasteiger partial charge in [0.05, 0.1) is 17.6 Å². The lowest BCUT2D eigenvalue weighted by molar-refractivity contribution is 0.590. The summed E-state index contributed by atoms with van der Waals surface area (Å²) in [6, 6.07) is 9.90. The normalized spacial score (nSPS) is 17.5. The summed E-state index contributed by atoms with van der Waals surface area (Å²) in [6.07, 6.45) is 6.04. The minimum Gasteiger partial charge on any atom is -0.306 e. The molecule has 1 aliphatic rings. The number of pyridine rings is 1.